The van der Waals surface area contributed by atoms with Crippen LogP contribution in [-0.2, 0) is 7.05 Å². The Morgan fingerprint density at radius 2 is 2.35 bits per heavy atom. The molecule has 1 fully saturated rings. The zero-order valence-electron chi connectivity index (χ0n) is 11.4. The van der Waals surface area contributed by atoms with Crippen LogP contribution in [0.15, 0.2) is 6.33 Å². The van der Waals surface area contributed by atoms with E-state index in [1.807, 2.05) is 14.0 Å². The Morgan fingerprint density at radius 3 is 2.95 bits per heavy atom. The first-order chi connectivity index (χ1) is 9.58. The van der Waals surface area contributed by atoms with E-state index in [9.17, 15) is 4.79 Å². The van der Waals surface area contributed by atoms with Crippen LogP contribution < -0.4 is 11.1 Å². The van der Waals surface area contributed by atoms with E-state index in [0.29, 0.717) is 17.4 Å². The summed E-state index contributed by atoms with van der Waals surface area (Å²) in [5.41, 5.74) is 7.56. The van der Waals surface area contributed by atoms with Gasteiger partial charge in [-0.3, -0.25) is 9.89 Å². The van der Waals surface area contributed by atoms with Crippen LogP contribution in [-0.4, -0.2) is 30.9 Å². The molecular formula is C12H17N7O. The summed E-state index contributed by atoms with van der Waals surface area (Å²) in [6.45, 7) is 1.84. The molecule has 2 aromatic rings. The van der Waals surface area contributed by atoms with Crippen molar-refractivity contribution >= 4 is 11.6 Å². The molecule has 20 heavy (non-hydrogen) atoms. The van der Waals surface area contributed by atoms with Crippen molar-refractivity contribution in [2.75, 3.05) is 5.73 Å². The maximum absolute atomic E-state index is 12.2. The van der Waals surface area contributed by atoms with Gasteiger partial charge >= 0.3 is 0 Å². The SMILES string of the molecule is CC(NC(=O)c1n[nH]c(C2CC2)c1N)c1nncn1C. The van der Waals surface area contributed by atoms with Crippen LogP contribution in [0.25, 0.3) is 0 Å². The Labute approximate surface area is 115 Å². The lowest BCUT2D eigenvalue weighted by atomic mass is 10.2. The zero-order chi connectivity index (χ0) is 14.3. The summed E-state index contributed by atoms with van der Waals surface area (Å²) in [6, 6.07) is -0.268. The highest BCUT2D eigenvalue weighted by Crippen LogP contribution is 2.42. The molecule has 106 valence electrons. The Morgan fingerprint density at radius 1 is 1.60 bits per heavy atom. The van der Waals surface area contributed by atoms with Gasteiger partial charge in [0.15, 0.2) is 11.5 Å². The average molecular weight is 275 g/mol. The Kier molecular flexibility index (Phi) is 2.92. The third kappa shape index (κ3) is 2.13. The predicted octanol–water partition coefficient (Wildman–Crippen LogP) is 0.489. The molecule has 2 heterocycles. The van der Waals surface area contributed by atoms with Crippen molar-refractivity contribution in [1.29, 1.82) is 0 Å². The van der Waals surface area contributed by atoms with Crippen molar-refractivity contribution < 1.29 is 4.79 Å². The van der Waals surface area contributed by atoms with Crippen molar-refractivity contribution in [1.82, 2.24) is 30.3 Å². The molecule has 0 radical (unpaired) electrons. The average Bonchev–Trinajstić information content (AvgIpc) is 3.04. The summed E-state index contributed by atoms with van der Waals surface area (Å²) in [6.07, 6.45) is 3.79. The molecule has 3 rings (SSSR count). The highest BCUT2D eigenvalue weighted by atomic mass is 16.2. The molecule has 1 amide bonds. The molecule has 8 heteroatoms. The number of carbonyl (C=O) groups excluding carboxylic acids is 1. The van der Waals surface area contributed by atoms with Crippen LogP contribution >= 0.6 is 0 Å². The number of aromatic amines is 1. The van der Waals surface area contributed by atoms with Crippen LogP contribution in [0.4, 0.5) is 5.69 Å². The lowest BCUT2D eigenvalue weighted by molar-refractivity contribution is 0.0933. The fourth-order valence-corrected chi connectivity index (χ4v) is 2.23. The minimum absolute atomic E-state index is 0.251. The van der Waals surface area contributed by atoms with Crippen molar-refractivity contribution in [3.63, 3.8) is 0 Å². The van der Waals surface area contributed by atoms with E-state index in [4.69, 9.17) is 5.73 Å². The lowest BCUT2D eigenvalue weighted by Crippen LogP contribution is -2.29. The van der Waals surface area contributed by atoms with Gasteiger partial charge in [-0.25, -0.2) is 0 Å². The van der Waals surface area contributed by atoms with Gasteiger partial charge in [0.1, 0.15) is 6.33 Å². The Hall–Kier alpha value is -2.38. The molecule has 0 saturated heterocycles. The molecule has 1 atom stereocenters. The van der Waals surface area contributed by atoms with Crippen LogP contribution in [0.2, 0.25) is 0 Å². The summed E-state index contributed by atoms with van der Waals surface area (Å²) >= 11 is 0. The molecule has 1 saturated carbocycles. The molecule has 1 aliphatic rings. The second-order valence-corrected chi connectivity index (χ2v) is 5.17. The standard InChI is InChI=1S/C12H17N7O/c1-6(11-18-14-5-19(11)2)15-12(20)10-8(13)9(16-17-10)7-3-4-7/h5-7H,3-4,13H2,1-2H3,(H,15,20)(H,16,17). The molecule has 0 bridgehead atoms. The molecule has 4 N–H and O–H groups in total. The van der Waals surface area contributed by atoms with E-state index in [1.165, 1.54) is 0 Å². The minimum atomic E-state index is -0.304. The van der Waals surface area contributed by atoms with E-state index in [1.54, 1.807) is 10.9 Å². The second-order valence-electron chi connectivity index (χ2n) is 5.17. The van der Waals surface area contributed by atoms with Gasteiger partial charge in [-0.2, -0.15) is 5.10 Å². The number of carbonyl (C=O) groups is 1. The smallest absolute Gasteiger partial charge is 0.274 e. The van der Waals surface area contributed by atoms with Gasteiger partial charge < -0.3 is 15.6 Å². The lowest BCUT2D eigenvalue weighted by Gasteiger charge is -2.12. The largest absolute Gasteiger partial charge is 0.395 e. The van der Waals surface area contributed by atoms with Crippen LogP contribution in [0.3, 0.4) is 0 Å². The molecule has 1 aliphatic carbocycles. The van der Waals surface area contributed by atoms with Crippen molar-refractivity contribution in [2.24, 2.45) is 7.05 Å². The first-order valence-corrected chi connectivity index (χ1v) is 6.56. The van der Waals surface area contributed by atoms with Crippen LogP contribution in [0.5, 0.6) is 0 Å². The Balaban J connectivity index is 1.74. The Bertz CT molecular complexity index is 640. The summed E-state index contributed by atoms with van der Waals surface area (Å²) in [5, 5.41) is 17.5. The van der Waals surface area contributed by atoms with Crippen LogP contribution in [0, 0.1) is 0 Å². The van der Waals surface area contributed by atoms with E-state index >= 15 is 0 Å². The van der Waals surface area contributed by atoms with Gasteiger partial charge in [0.05, 0.1) is 17.4 Å². The van der Waals surface area contributed by atoms with Gasteiger partial charge in [-0.15, -0.1) is 10.2 Å². The van der Waals surface area contributed by atoms with Crippen LogP contribution in [0.1, 0.15) is 53.7 Å². The monoisotopic (exact) mass is 275 g/mol. The normalized spacial score (nSPS) is 16.1. The molecule has 0 spiro atoms. The number of nitrogens with one attached hydrogen (secondary N) is 2. The van der Waals surface area contributed by atoms with Gasteiger partial charge in [-0.1, -0.05) is 0 Å². The molecule has 8 nitrogen and oxygen atoms in total. The molecule has 0 aromatic carbocycles. The molecular weight excluding hydrogens is 258 g/mol. The van der Waals surface area contributed by atoms with Gasteiger partial charge in [-0.05, 0) is 19.8 Å². The molecule has 1 unspecified atom stereocenters. The fraction of sp³-hybridized carbons (Fsp3) is 0.500. The van der Waals surface area contributed by atoms with Crippen molar-refractivity contribution in [3.8, 4) is 0 Å². The van der Waals surface area contributed by atoms with Crippen molar-refractivity contribution in [3.05, 3.63) is 23.5 Å². The maximum atomic E-state index is 12.2. The number of nitrogens with zero attached hydrogens (tertiary/aromatic N) is 4. The van der Waals surface area contributed by atoms with Gasteiger partial charge in [0.2, 0.25) is 0 Å². The number of hydrogen-bond donors (Lipinski definition) is 3. The number of H-pyrrole nitrogens is 1. The first kappa shape index (κ1) is 12.6. The minimum Gasteiger partial charge on any atom is -0.395 e. The first-order valence-electron chi connectivity index (χ1n) is 6.56. The van der Waals surface area contributed by atoms with Gasteiger partial charge in [0.25, 0.3) is 5.91 Å². The predicted molar refractivity (Wildman–Crippen MR) is 71.9 cm³/mol. The molecule has 0 aliphatic heterocycles. The number of rotatable bonds is 4. The zero-order valence-corrected chi connectivity index (χ0v) is 11.4. The fourth-order valence-electron chi connectivity index (χ4n) is 2.23. The number of amides is 1. The highest BCUT2D eigenvalue weighted by molar-refractivity contribution is 5.97. The summed E-state index contributed by atoms with van der Waals surface area (Å²) in [7, 11) is 1.83. The quantitative estimate of drug-likeness (QED) is 0.751. The topological polar surface area (TPSA) is 115 Å². The second kappa shape index (κ2) is 4.62. The number of aryl methyl sites for hydroxylation is 1. The highest BCUT2D eigenvalue weighted by Gasteiger charge is 2.30. The number of anilines is 1. The third-order valence-electron chi connectivity index (χ3n) is 3.52. The molecule has 2 aromatic heterocycles. The van der Waals surface area contributed by atoms with E-state index in [-0.39, 0.29) is 17.6 Å². The number of aromatic nitrogens is 5. The van der Waals surface area contributed by atoms with Gasteiger partial charge in [0, 0.05) is 13.0 Å². The summed E-state index contributed by atoms with van der Waals surface area (Å²) in [5.74, 6) is 0.802. The number of nitrogens with two attached hydrogens (primary N) is 1. The number of hydrogen-bond acceptors (Lipinski definition) is 5. The van der Waals surface area contributed by atoms with E-state index in [0.717, 1.165) is 18.5 Å². The third-order valence-corrected chi connectivity index (χ3v) is 3.52. The van der Waals surface area contributed by atoms with E-state index in [2.05, 4.69) is 25.7 Å². The summed E-state index contributed by atoms with van der Waals surface area (Å²) in [4.78, 5) is 12.2. The summed E-state index contributed by atoms with van der Waals surface area (Å²) < 4.78 is 1.76. The van der Waals surface area contributed by atoms with Crippen molar-refractivity contribution in [2.45, 2.75) is 31.7 Å². The number of nitrogen functional groups attached to an aromatic ring is 1. The van der Waals surface area contributed by atoms with E-state index < -0.39 is 0 Å². The maximum Gasteiger partial charge on any atom is 0.274 e.